The summed E-state index contributed by atoms with van der Waals surface area (Å²) >= 11 is 0. The second kappa shape index (κ2) is 5.35. The van der Waals surface area contributed by atoms with E-state index in [1.54, 1.807) is 0 Å². The van der Waals surface area contributed by atoms with Gasteiger partial charge in [0, 0.05) is 12.3 Å². The number of hydrogen-bond acceptors (Lipinski definition) is 2. The van der Waals surface area contributed by atoms with Crippen molar-refractivity contribution < 1.29 is 4.74 Å². The van der Waals surface area contributed by atoms with Crippen molar-refractivity contribution in [3.05, 3.63) is 29.3 Å². The van der Waals surface area contributed by atoms with Crippen LogP contribution < -0.4 is 5.73 Å². The summed E-state index contributed by atoms with van der Waals surface area (Å²) in [4.78, 5) is 0. The van der Waals surface area contributed by atoms with Gasteiger partial charge in [0.05, 0.1) is 6.61 Å². The number of nitrogens with two attached hydrogens (primary N) is 1. The summed E-state index contributed by atoms with van der Waals surface area (Å²) in [6, 6.07) is 6.03. The van der Waals surface area contributed by atoms with Crippen molar-refractivity contribution in [3.8, 4) is 0 Å². The highest BCUT2D eigenvalue weighted by Crippen LogP contribution is 2.25. The Morgan fingerprint density at radius 2 is 2.06 bits per heavy atom. The van der Waals surface area contributed by atoms with Crippen molar-refractivity contribution in [1.82, 2.24) is 0 Å². The SMILES string of the molecule is Cc1c(N)cccc1COCC1CCCC1. The molecule has 2 nitrogen and oxygen atoms in total. The van der Waals surface area contributed by atoms with Gasteiger partial charge in [-0.3, -0.25) is 0 Å². The minimum absolute atomic E-state index is 0.702. The summed E-state index contributed by atoms with van der Waals surface area (Å²) in [5.41, 5.74) is 9.10. The van der Waals surface area contributed by atoms with Gasteiger partial charge in [-0.15, -0.1) is 0 Å². The van der Waals surface area contributed by atoms with Gasteiger partial charge in [0.1, 0.15) is 0 Å². The molecule has 16 heavy (non-hydrogen) atoms. The van der Waals surface area contributed by atoms with Crippen LogP contribution in [0.2, 0.25) is 0 Å². The molecule has 1 aliphatic carbocycles. The van der Waals surface area contributed by atoms with Gasteiger partial charge in [-0.05, 0) is 42.9 Å². The smallest absolute Gasteiger partial charge is 0.0720 e. The summed E-state index contributed by atoms with van der Waals surface area (Å²) in [6.45, 7) is 3.67. The van der Waals surface area contributed by atoms with Crippen LogP contribution in [0.4, 0.5) is 5.69 Å². The molecule has 1 aromatic carbocycles. The van der Waals surface area contributed by atoms with Gasteiger partial charge in [-0.2, -0.15) is 0 Å². The van der Waals surface area contributed by atoms with Crippen molar-refractivity contribution in [3.63, 3.8) is 0 Å². The van der Waals surface area contributed by atoms with Crippen LogP contribution in [0.5, 0.6) is 0 Å². The molecule has 1 aromatic rings. The first-order valence-corrected chi connectivity index (χ1v) is 6.19. The van der Waals surface area contributed by atoms with Gasteiger partial charge in [0.15, 0.2) is 0 Å². The highest BCUT2D eigenvalue weighted by molar-refractivity contribution is 5.49. The minimum atomic E-state index is 0.702. The fourth-order valence-corrected chi connectivity index (χ4v) is 2.37. The molecule has 0 atom stereocenters. The lowest BCUT2D eigenvalue weighted by Crippen LogP contribution is -2.06. The highest BCUT2D eigenvalue weighted by atomic mass is 16.5. The van der Waals surface area contributed by atoms with Crippen LogP contribution in [0.25, 0.3) is 0 Å². The largest absolute Gasteiger partial charge is 0.399 e. The highest BCUT2D eigenvalue weighted by Gasteiger charge is 2.14. The predicted molar refractivity (Wildman–Crippen MR) is 67.2 cm³/mol. The van der Waals surface area contributed by atoms with E-state index in [2.05, 4.69) is 13.0 Å². The van der Waals surface area contributed by atoms with Gasteiger partial charge in [0.25, 0.3) is 0 Å². The zero-order chi connectivity index (χ0) is 11.4. The summed E-state index contributed by atoms with van der Waals surface area (Å²) in [7, 11) is 0. The maximum Gasteiger partial charge on any atom is 0.0720 e. The first-order chi connectivity index (χ1) is 7.77. The van der Waals surface area contributed by atoms with Crippen molar-refractivity contribution in [2.75, 3.05) is 12.3 Å². The topological polar surface area (TPSA) is 35.2 Å². The fraction of sp³-hybridized carbons (Fsp3) is 0.571. The zero-order valence-corrected chi connectivity index (χ0v) is 10.0. The lowest BCUT2D eigenvalue weighted by Gasteiger charge is -2.12. The molecule has 2 heteroatoms. The number of hydrogen-bond donors (Lipinski definition) is 1. The van der Waals surface area contributed by atoms with E-state index in [0.29, 0.717) is 6.61 Å². The van der Waals surface area contributed by atoms with E-state index >= 15 is 0 Å². The van der Waals surface area contributed by atoms with Crippen LogP contribution in [0.3, 0.4) is 0 Å². The van der Waals surface area contributed by atoms with Crippen molar-refractivity contribution in [2.45, 2.75) is 39.2 Å². The average Bonchev–Trinajstić information content (AvgIpc) is 2.77. The third-order valence-electron chi connectivity index (χ3n) is 3.57. The summed E-state index contributed by atoms with van der Waals surface area (Å²) in [5, 5.41) is 0. The molecule has 1 fully saturated rings. The van der Waals surface area contributed by atoms with E-state index in [-0.39, 0.29) is 0 Å². The molecule has 0 spiro atoms. The van der Waals surface area contributed by atoms with Gasteiger partial charge < -0.3 is 10.5 Å². The molecule has 0 aromatic heterocycles. The van der Waals surface area contributed by atoms with Gasteiger partial charge in [0.2, 0.25) is 0 Å². The minimum Gasteiger partial charge on any atom is -0.399 e. The second-order valence-electron chi connectivity index (χ2n) is 4.80. The number of anilines is 1. The maximum absolute atomic E-state index is 5.86. The van der Waals surface area contributed by atoms with Gasteiger partial charge in [-0.1, -0.05) is 25.0 Å². The molecule has 1 aliphatic rings. The molecule has 0 saturated heterocycles. The molecule has 0 amide bonds. The fourth-order valence-electron chi connectivity index (χ4n) is 2.37. The van der Waals surface area contributed by atoms with Gasteiger partial charge >= 0.3 is 0 Å². The third kappa shape index (κ3) is 2.76. The molecule has 1 saturated carbocycles. The molecular weight excluding hydrogens is 198 g/mol. The molecule has 2 rings (SSSR count). The van der Waals surface area contributed by atoms with E-state index in [1.165, 1.54) is 31.2 Å². The monoisotopic (exact) mass is 219 g/mol. The standard InChI is InChI=1S/C14H21NO/c1-11-13(7-4-8-14(11)15)10-16-9-12-5-2-3-6-12/h4,7-8,12H,2-3,5-6,9-10,15H2,1H3. The van der Waals surface area contributed by atoms with Crippen LogP contribution in [-0.4, -0.2) is 6.61 Å². The molecule has 88 valence electrons. The number of ether oxygens (including phenoxy) is 1. The Kier molecular flexibility index (Phi) is 3.83. The second-order valence-corrected chi connectivity index (χ2v) is 4.80. The van der Waals surface area contributed by atoms with E-state index < -0.39 is 0 Å². The number of nitrogen functional groups attached to an aromatic ring is 1. The molecule has 0 radical (unpaired) electrons. The van der Waals surface area contributed by atoms with Gasteiger partial charge in [-0.25, -0.2) is 0 Å². The molecule has 0 heterocycles. The van der Waals surface area contributed by atoms with Crippen molar-refractivity contribution >= 4 is 5.69 Å². The van der Waals surface area contributed by atoms with Crippen LogP contribution in [0, 0.1) is 12.8 Å². The quantitative estimate of drug-likeness (QED) is 0.789. The van der Waals surface area contributed by atoms with Crippen LogP contribution >= 0.6 is 0 Å². The normalized spacial score (nSPS) is 16.8. The Hall–Kier alpha value is -1.02. The molecule has 2 N–H and O–H groups in total. The van der Waals surface area contributed by atoms with Crippen LogP contribution in [0.15, 0.2) is 18.2 Å². The third-order valence-corrected chi connectivity index (χ3v) is 3.57. The lowest BCUT2D eigenvalue weighted by molar-refractivity contribution is 0.0886. The number of rotatable bonds is 4. The lowest BCUT2D eigenvalue weighted by atomic mass is 10.1. The summed E-state index contributed by atoms with van der Waals surface area (Å²) < 4.78 is 5.78. The Balaban J connectivity index is 1.82. The maximum atomic E-state index is 5.86. The summed E-state index contributed by atoms with van der Waals surface area (Å²) in [5.74, 6) is 0.793. The summed E-state index contributed by atoms with van der Waals surface area (Å²) in [6.07, 6.45) is 5.45. The average molecular weight is 219 g/mol. The molecular formula is C14H21NO. The van der Waals surface area contributed by atoms with Crippen molar-refractivity contribution in [1.29, 1.82) is 0 Å². The van der Waals surface area contributed by atoms with E-state index in [1.807, 2.05) is 12.1 Å². The number of benzene rings is 1. The van der Waals surface area contributed by atoms with Crippen LogP contribution in [0.1, 0.15) is 36.8 Å². The molecule has 0 bridgehead atoms. The first-order valence-electron chi connectivity index (χ1n) is 6.19. The van der Waals surface area contributed by atoms with Crippen molar-refractivity contribution in [2.24, 2.45) is 5.92 Å². The Morgan fingerprint density at radius 3 is 2.81 bits per heavy atom. The predicted octanol–water partition coefficient (Wildman–Crippen LogP) is 3.28. The van der Waals surface area contributed by atoms with E-state index in [0.717, 1.165) is 23.8 Å². The Morgan fingerprint density at radius 1 is 1.31 bits per heavy atom. The molecule has 0 aliphatic heterocycles. The first kappa shape index (κ1) is 11.5. The Bertz CT molecular complexity index is 343. The van der Waals surface area contributed by atoms with Crippen LogP contribution in [-0.2, 0) is 11.3 Å². The Labute approximate surface area is 97.8 Å². The molecule has 0 unspecified atom stereocenters. The van der Waals surface area contributed by atoms with E-state index in [9.17, 15) is 0 Å². The van der Waals surface area contributed by atoms with E-state index in [4.69, 9.17) is 10.5 Å². The zero-order valence-electron chi connectivity index (χ0n) is 10.0.